The number of halogens is 4. The molecule has 86 valence electrons. The van der Waals surface area contributed by atoms with E-state index in [1.165, 1.54) is 12.3 Å². The van der Waals surface area contributed by atoms with Crippen LogP contribution in [0.3, 0.4) is 0 Å². The Labute approximate surface area is 92.5 Å². The van der Waals surface area contributed by atoms with Gasteiger partial charge in [0, 0.05) is 17.8 Å². The lowest BCUT2D eigenvalue weighted by molar-refractivity contribution is -0.137. The molecule has 1 aromatic carbocycles. The monoisotopic (exact) mass is 251 g/mol. The number of hydrazine groups is 2. The molecule has 0 unspecified atom stereocenters. The molecular formula is C8H5ClF3N3O. The highest BCUT2D eigenvalue weighted by Gasteiger charge is 2.31. The lowest BCUT2D eigenvalue weighted by Gasteiger charge is -2.15. The van der Waals surface area contributed by atoms with Gasteiger partial charge in [-0.15, -0.1) is 0 Å². The minimum Gasteiger partial charge on any atom is -0.594 e. The topological polar surface area (TPSA) is 41.3 Å². The molecule has 0 bridgehead atoms. The van der Waals surface area contributed by atoms with E-state index in [0.29, 0.717) is 5.22 Å². The summed E-state index contributed by atoms with van der Waals surface area (Å²) in [4.78, 5) is 0.164. The van der Waals surface area contributed by atoms with Crippen molar-refractivity contribution in [2.75, 3.05) is 0 Å². The predicted molar refractivity (Wildman–Crippen MR) is 50.6 cm³/mol. The molecular weight excluding hydrogens is 247 g/mol. The Bertz CT molecular complexity index is 542. The first-order valence-corrected chi connectivity index (χ1v) is 4.46. The maximum Gasteiger partial charge on any atom is 0.416 e. The van der Waals surface area contributed by atoms with E-state index in [1.54, 1.807) is 0 Å². The molecule has 0 atom stereocenters. The van der Waals surface area contributed by atoms with Crippen molar-refractivity contribution in [2.45, 2.75) is 6.18 Å². The minimum atomic E-state index is -4.48. The van der Waals surface area contributed by atoms with Gasteiger partial charge in [0.25, 0.3) is 5.36 Å². The summed E-state index contributed by atoms with van der Waals surface area (Å²) in [6.45, 7) is 0. The van der Waals surface area contributed by atoms with Gasteiger partial charge >= 0.3 is 6.18 Å². The van der Waals surface area contributed by atoms with Crippen LogP contribution in [-0.4, -0.2) is 4.53 Å². The zero-order valence-corrected chi connectivity index (χ0v) is 8.38. The van der Waals surface area contributed by atoms with E-state index in [-0.39, 0.29) is 10.2 Å². The number of nitrogens with zero attached hydrogens (tertiary/aromatic N) is 2. The standard InChI is InChI=1S/C8H5ClF3N3O/c9-14-4-5-1-2-6(8(10,11)12)3-7(5)15(16)13-14/h1-4,13H. The Morgan fingerprint density at radius 3 is 2.69 bits per heavy atom. The summed E-state index contributed by atoms with van der Waals surface area (Å²) < 4.78 is 38.0. The Kier molecular flexibility index (Phi) is 2.34. The van der Waals surface area contributed by atoms with Crippen molar-refractivity contribution < 1.29 is 13.2 Å². The summed E-state index contributed by atoms with van der Waals surface area (Å²) in [5.74, 6) is 0. The molecule has 0 aromatic heterocycles. The molecule has 0 fully saturated rings. The molecule has 0 amide bonds. The van der Waals surface area contributed by atoms with Crippen molar-refractivity contribution >= 4 is 18.0 Å². The van der Waals surface area contributed by atoms with Gasteiger partial charge in [0.2, 0.25) is 0 Å². The third kappa shape index (κ3) is 1.85. The minimum absolute atomic E-state index is 0.133. The maximum absolute atomic E-state index is 12.4. The quantitative estimate of drug-likeness (QED) is 0.410. The van der Waals surface area contributed by atoms with Crippen LogP contribution in [0.4, 0.5) is 13.2 Å². The van der Waals surface area contributed by atoms with E-state index in [9.17, 15) is 18.4 Å². The van der Waals surface area contributed by atoms with Gasteiger partial charge in [-0.3, -0.25) is 0 Å². The number of alkyl halides is 3. The second kappa shape index (κ2) is 3.44. The van der Waals surface area contributed by atoms with Gasteiger partial charge < -0.3 is 5.21 Å². The van der Waals surface area contributed by atoms with Gasteiger partial charge in [-0.1, -0.05) is 10.4 Å². The molecule has 1 aliphatic heterocycles. The number of rotatable bonds is 0. The first-order valence-electron chi connectivity index (χ1n) is 4.12. The first-order chi connectivity index (χ1) is 7.38. The molecule has 8 heteroatoms. The smallest absolute Gasteiger partial charge is 0.416 e. The molecule has 0 saturated heterocycles. The number of hydrogen-bond donors (Lipinski definition) is 1. The summed E-state index contributed by atoms with van der Waals surface area (Å²) in [5, 5.41) is 11.4. The molecule has 1 N–H and O–H groups in total. The molecule has 0 radical (unpaired) electrons. The fourth-order valence-corrected chi connectivity index (χ4v) is 1.47. The maximum atomic E-state index is 12.4. The van der Waals surface area contributed by atoms with Crippen LogP contribution in [0.1, 0.15) is 5.56 Å². The average Bonchev–Trinajstić information content (AvgIpc) is 2.15. The van der Waals surface area contributed by atoms with Crippen LogP contribution in [0.15, 0.2) is 18.2 Å². The fraction of sp³-hybridized carbons (Fsp3) is 0.125. The molecule has 1 aliphatic rings. The zero-order valence-electron chi connectivity index (χ0n) is 7.62. The Morgan fingerprint density at radius 2 is 2.06 bits per heavy atom. The van der Waals surface area contributed by atoms with E-state index in [2.05, 4.69) is 5.53 Å². The molecule has 0 aliphatic carbocycles. The van der Waals surface area contributed by atoms with Crippen LogP contribution < -0.4 is 21.0 Å². The van der Waals surface area contributed by atoms with Crippen molar-refractivity contribution in [3.8, 4) is 0 Å². The molecule has 4 nitrogen and oxygen atoms in total. The summed E-state index contributed by atoms with van der Waals surface area (Å²) in [6.07, 6.45) is -3.18. The molecule has 2 rings (SSSR count). The molecule has 1 heterocycles. The second-order valence-electron chi connectivity index (χ2n) is 3.11. The van der Waals surface area contributed by atoms with Crippen LogP contribution >= 0.6 is 11.8 Å². The Balaban J connectivity index is 2.69. The highest BCUT2D eigenvalue weighted by atomic mass is 35.5. The van der Waals surface area contributed by atoms with E-state index >= 15 is 0 Å². The van der Waals surface area contributed by atoms with Crippen molar-refractivity contribution in [2.24, 2.45) is 0 Å². The normalized spacial score (nSPS) is 15.2. The summed E-state index contributed by atoms with van der Waals surface area (Å²) >= 11 is 5.47. The highest BCUT2D eigenvalue weighted by Crippen LogP contribution is 2.27. The lowest BCUT2D eigenvalue weighted by Crippen LogP contribution is -2.52. The third-order valence-corrected chi connectivity index (χ3v) is 2.19. The second-order valence-corrected chi connectivity index (χ2v) is 3.47. The van der Waals surface area contributed by atoms with Crippen molar-refractivity contribution in [1.82, 2.24) is 14.9 Å². The largest absolute Gasteiger partial charge is 0.594 e. The van der Waals surface area contributed by atoms with Crippen LogP contribution in [0.5, 0.6) is 0 Å². The van der Waals surface area contributed by atoms with Crippen LogP contribution in [0.25, 0.3) is 6.20 Å². The molecule has 16 heavy (non-hydrogen) atoms. The Morgan fingerprint density at radius 1 is 1.38 bits per heavy atom. The fourth-order valence-electron chi connectivity index (χ4n) is 1.30. The van der Waals surface area contributed by atoms with Gasteiger partial charge in [-0.25, -0.2) is 0 Å². The van der Waals surface area contributed by atoms with Crippen molar-refractivity contribution in [1.29, 1.82) is 0 Å². The van der Waals surface area contributed by atoms with Gasteiger partial charge in [0.05, 0.1) is 17.0 Å². The number of hydrogen-bond acceptors (Lipinski definition) is 3. The number of nitrogens with one attached hydrogen (secondary N) is 1. The van der Waals surface area contributed by atoms with Gasteiger partial charge in [-0.2, -0.15) is 17.7 Å². The SMILES string of the molecule is [O-][N+]1=c2cc(C(F)(F)F)ccc2=CN(Cl)N1. The van der Waals surface area contributed by atoms with Crippen LogP contribution in [-0.2, 0) is 6.18 Å². The van der Waals surface area contributed by atoms with Gasteiger partial charge in [0.15, 0.2) is 0 Å². The number of fused-ring (bicyclic) bond motifs is 1. The zero-order chi connectivity index (χ0) is 11.9. The highest BCUT2D eigenvalue weighted by molar-refractivity contribution is 6.15. The molecule has 0 saturated carbocycles. The number of benzene rings is 1. The van der Waals surface area contributed by atoms with Crippen LogP contribution in [0.2, 0.25) is 0 Å². The molecule has 1 aromatic rings. The van der Waals surface area contributed by atoms with Gasteiger partial charge in [0.1, 0.15) is 0 Å². The molecule has 0 spiro atoms. The van der Waals surface area contributed by atoms with E-state index < -0.39 is 11.7 Å². The lowest BCUT2D eigenvalue weighted by atomic mass is 10.2. The average molecular weight is 252 g/mol. The summed E-state index contributed by atoms with van der Waals surface area (Å²) in [7, 11) is 0. The first kappa shape index (κ1) is 10.9. The van der Waals surface area contributed by atoms with E-state index in [4.69, 9.17) is 11.8 Å². The third-order valence-electron chi connectivity index (χ3n) is 2.02. The van der Waals surface area contributed by atoms with E-state index in [1.807, 2.05) is 0 Å². The van der Waals surface area contributed by atoms with E-state index in [0.717, 1.165) is 16.7 Å². The Hall–Kier alpha value is -1.63. The predicted octanol–water partition coefficient (Wildman–Crippen LogP) is 0.321. The van der Waals surface area contributed by atoms with Crippen molar-refractivity contribution in [3.05, 3.63) is 39.5 Å². The summed E-state index contributed by atoms with van der Waals surface area (Å²) in [6, 6.07) is 2.83. The van der Waals surface area contributed by atoms with Crippen molar-refractivity contribution in [3.63, 3.8) is 0 Å². The van der Waals surface area contributed by atoms with Gasteiger partial charge in [-0.05, 0) is 12.1 Å². The summed E-state index contributed by atoms with van der Waals surface area (Å²) in [5.41, 5.74) is 1.18. The van der Waals surface area contributed by atoms with Crippen LogP contribution in [0, 0.1) is 5.21 Å².